The van der Waals surface area contributed by atoms with Crippen LogP contribution in [0.2, 0.25) is 0 Å². The second kappa shape index (κ2) is 6.14. The van der Waals surface area contributed by atoms with Gasteiger partial charge in [-0.3, -0.25) is 19.8 Å². The van der Waals surface area contributed by atoms with Crippen molar-refractivity contribution < 1.29 is 14.4 Å². The third-order valence-electron chi connectivity index (χ3n) is 4.09. The first-order chi connectivity index (χ1) is 9.08. The van der Waals surface area contributed by atoms with Gasteiger partial charge in [0.1, 0.15) is 5.78 Å². The van der Waals surface area contributed by atoms with Crippen molar-refractivity contribution in [2.24, 2.45) is 11.7 Å². The SMILES string of the molecule is NC(=O)NC(=O)CN1CCCC1C1CCCCC1=O. The molecule has 106 valence electrons. The third kappa shape index (κ3) is 3.53. The van der Waals surface area contributed by atoms with E-state index < -0.39 is 6.03 Å². The van der Waals surface area contributed by atoms with Crippen LogP contribution >= 0.6 is 0 Å². The predicted octanol–water partition coefficient (Wildman–Crippen LogP) is 0.405. The molecule has 2 aliphatic rings. The first-order valence-electron chi connectivity index (χ1n) is 6.94. The predicted molar refractivity (Wildman–Crippen MR) is 69.3 cm³/mol. The number of ketones is 1. The number of urea groups is 1. The van der Waals surface area contributed by atoms with Gasteiger partial charge in [-0.25, -0.2) is 4.79 Å². The molecule has 0 bridgehead atoms. The summed E-state index contributed by atoms with van der Waals surface area (Å²) in [6.45, 7) is 0.956. The smallest absolute Gasteiger partial charge is 0.318 e. The lowest BCUT2D eigenvalue weighted by molar-refractivity contribution is -0.128. The van der Waals surface area contributed by atoms with Crippen LogP contribution in [-0.4, -0.2) is 41.8 Å². The zero-order valence-corrected chi connectivity index (χ0v) is 11.1. The van der Waals surface area contributed by atoms with Gasteiger partial charge in [0.25, 0.3) is 0 Å². The highest BCUT2D eigenvalue weighted by atomic mass is 16.2. The van der Waals surface area contributed by atoms with E-state index in [0.717, 1.165) is 38.6 Å². The number of imide groups is 1. The third-order valence-corrected chi connectivity index (χ3v) is 4.09. The molecular weight excluding hydrogens is 246 g/mol. The maximum atomic E-state index is 12.0. The lowest BCUT2D eigenvalue weighted by Gasteiger charge is -2.32. The molecule has 1 saturated carbocycles. The average molecular weight is 267 g/mol. The Kier molecular flexibility index (Phi) is 4.52. The molecule has 6 nitrogen and oxygen atoms in total. The van der Waals surface area contributed by atoms with E-state index in [2.05, 4.69) is 5.32 Å². The quantitative estimate of drug-likeness (QED) is 0.774. The van der Waals surface area contributed by atoms with Crippen LogP contribution in [0.5, 0.6) is 0 Å². The van der Waals surface area contributed by atoms with Gasteiger partial charge in [-0.1, -0.05) is 6.42 Å². The molecule has 2 unspecified atom stereocenters. The van der Waals surface area contributed by atoms with Gasteiger partial charge in [-0.2, -0.15) is 0 Å². The molecule has 1 aliphatic heterocycles. The fraction of sp³-hybridized carbons (Fsp3) is 0.769. The van der Waals surface area contributed by atoms with E-state index in [1.807, 2.05) is 4.90 Å². The molecule has 3 amide bonds. The number of carbonyl (C=O) groups is 3. The first kappa shape index (κ1) is 14.0. The molecule has 2 rings (SSSR count). The second-order valence-electron chi connectivity index (χ2n) is 5.41. The van der Waals surface area contributed by atoms with Crippen LogP contribution in [0.1, 0.15) is 38.5 Å². The summed E-state index contributed by atoms with van der Waals surface area (Å²) >= 11 is 0. The van der Waals surface area contributed by atoms with Crippen LogP contribution in [0.3, 0.4) is 0 Å². The number of hydrogen-bond donors (Lipinski definition) is 2. The van der Waals surface area contributed by atoms with Crippen LogP contribution in [0, 0.1) is 5.92 Å². The lowest BCUT2D eigenvalue weighted by atomic mass is 9.82. The standard InChI is InChI=1S/C13H21N3O3/c14-13(19)15-12(18)8-16-7-3-5-10(16)9-4-1-2-6-11(9)17/h9-10H,1-8H2,(H3,14,15,18,19). The molecule has 6 heteroatoms. The normalized spacial score (nSPS) is 28.3. The first-order valence-corrected chi connectivity index (χ1v) is 6.94. The summed E-state index contributed by atoms with van der Waals surface area (Å²) in [7, 11) is 0. The molecule has 0 aromatic rings. The van der Waals surface area contributed by atoms with E-state index in [9.17, 15) is 14.4 Å². The van der Waals surface area contributed by atoms with Gasteiger partial charge in [0, 0.05) is 18.4 Å². The van der Waals surface area contributed by atoms with Crippen molar-refractivity contribution in [3.05, 3.63) is 0 Å². The van der Waals surface area contributed by atoms with Gasteiger partial charge >= 0.3 is 6.03 Å². The lowest BCUT2D eigenvalue weighted by Crippen LogP contribution is -2.47. The van der Waals surface area contributed by atoms with Crippen molar-refractivity contribution >= 4 is 17.7 Å². The molecule has 3 N–H and O–H groups in total. The summed E-state index contributed by atoms with van der Waals surface area (Å²) in [5.74, 6) is 0.0127. The van der Waals surface area contributed by atoms with Crippen LogP contribution in [0.15, 0.2) is 0 Å². The van der Waals surface area contributed by atoms with Crippen LogP contribution in [0.25, 0.3) is 0 Å². The summed E-state index contributed by atoms with van der Waals surface area (Å²) < 4.78 is 0. The van der Waals surface area contributed by atoms with Crippen molar-refractivity contribution in [3.63, 3.8) is 0 Å². The van der Waals surface area contributed by atoms with E-state index >= 15 is 0 Å². The molecule has 1 aliphatic carbocycles. The zero-order chi connectivity index (χ0) is 13.8. The largest absolute Gasteiger partial charge is 0.351 e. The Morgan fingerprint density at radius 3 is 2.74 bits per heavy atom. The van der Waals surface area contributed by atoms with Crippen molar-refractivity contribution in [2.45, 2.75) is 44.6 Å². The topological polar surface area (TPSA) is 92.5 Å². The van der Waals surface area contributed by atoms with Gasteiger partial charge in [0.15, 0.2) is 0 Å². The monoisotopic (exact) mass is 267 g/mol. The zero-order valence-electron chi connectivity index (χ0n) is 11.1. The number of Topliss-reactive ketones (excluding diaryl/α,β-unsaturated/α-hetero) is 1. The fourth-order valence-electron chi connectivity index (χ4n) is 3.28. The molecule has 0 spiro atoms. The number of rotatable bonds is 3. The molecule has 2 fully saturated rings. The molecule has 2 atom stereocenters. The van der Waals surface area contributed by atoms with Crippen LogP contribution in [0.4, 0.5) is 4.79 Å². The van der Waals surface area contributed by atoms with Crippen LogP contribution in [-0.2, 0) is 9.59 Å². The van der Waals surface area contributed by atoms with Gasteiger partial charge in [0.05, 0.1) is 6.54 Å². The molecule has 1 heterocycles. The van der Waals surface area contributed by atoms with Gasteiger partial charge in [-0.05, 0) is 32.2 Å². The van der Waals surface area contributed by atoms with Crippen molar-refractivity contribution in [1.29, 1.82) is 0 Å². The number of carbonyl (C=O) groups excluding carboxylic acids is 3. The van der Waals surface area contributed by atoms with E-state index in [1.165, 1.54) is 0 Å². The fourth-order valence-corrected chi connectivity index (χ4v) is 3.28. The van der Waals surface area contributed by atoms with E-state index in [4.69, 9.17) is 5.73 Å². The summed E-state index contributed by atoms with van der Waals surface area (Å²) in [5.41, 5.74) is 4.92. The number of nitrogens with one attached hydrogen (secondary N) is 1. The Labute approximate surface area is 112 Å². The van der Waals surface area contributed by atoms with E-state index in [1.54, 1.807) is 0 Å². The molecule has 0 aromatic carbocycles. The van der Waals surface area contributed by atoms with E-state index in [-0.39, 0.29) is 24.4 Å². The number of likely N-dealkylation sites (tertiary alicyclic amines) is 1. The summed E-state index contributed by atoms with van der Waals surface area (Å²) in [5, 5.41) is 2.08. The second-order valence-corrected chi connectivity index (χ2v) is 5.41. The average Bonchev–Trinajstić information content (AvgIpc) is 2.76. The Bertz CT molecular complexity index is 383. The summed E-state index contributed by atoms with van der Waals surface area (Å²) in [6.07, 6.45) is 5.64. The summed E-state index contributed by atoms with van der Waals surface area (Å²) in [6, 6.07) is -0.666. The van der Waals surface area contributed by atoms with Crippen molar-refractivity contribution in [2.75, 3.05) is 13.1 Å². The van der Waals surface area contributed by atoms with Gasteiger partial charge in [0.2, 0.25) is 5.91 Å². The minimum Gasteiger partial charge on any atom is -0.351 e. The van der Waals surface area contributed by atoms with Gasteiger partial charge < -0.3 is 5.73 Å². The highest BCUT2D eigenvalue weighted by Gasteiger charge is 2.37. The van der Waals surface area contributed by atoms with Crippen LogP contribution < -0.4 is 11.1 Å². The minimum absolute atomic E-state index is 0.0672. The maximum Gasteiger partial charge on any atom is 0.318 e. The Balaban J connectivity index is 1.94. The number of nitrogens with zero attached hydrogens (tertiary/aromatic N) is 1. The Morgan fingerprint density at radius 2 is 2.05 bits per heavy atom. The number of nitrogens with two attached hydrogens (primary N) is 1. The van der Waals surface area contributed by atoms with E-state index in [0.29, 0.717) is 12.2 Å². The highest BCUT2D eigenvalue weighted by molar-refractivity contribution is 5.94. The molecule has 0 aromatic heterocycles. The molecule has 19 heavy (non-hydrogen) atoms. The Hall–Kier alpha value is -1.43. The Morgan fingerprint density at radius 1 is 1.26 bits per heavy atom. The van der Waals surface area contributed by atoms with Gasteiger partial charge in [-0.15, -0.1) is 0 Å². The number of primary amides is 1. The van der Waals surface area contributed by atoms with Crippen molar-refractivity contribution in [3.8, 4) is 0 Å². The molecule has 0 radical (unpaired) electrons. The minimum atomic E-state index is -0.825. The number of amides is 3. The molecule has 1 saturated heterocycles. The molecular formula is C13H21N3O3. The number of hydrogen-bond acceptors (Lipinski definition) is 4. The van der Waals surface area contributed by atoms with Crippen molar-refractivity contribution in [1.82, 2.24) is 10.2 Å². The maximum absolute atomic E-state index is 12.0. The summed E-state index contributed by atoms with van der Waals surface area (Å²) in [4.78, 5) is 36.2. The highest BCUT2D eigenvalue weighted by Crippen LogP contribution is 2.32.